The normalized spacial score (nSPS) is 15.7. The first kappa shape index (κ1) is 11.2. The molecule has 0 aromatic heterocycles. The third-order valence-corrected chi connectivity index (χ3v) is 1.68. The van der Waals surface area contributed by atoms with E-state index in [4.69, 9.17) is 0 Å². The Labute approximate surface area is 75.9 Å². The van der Waals surface area contributed by atoms with Crippen molar-refractivity contribution in [3.63, 3.8) is 0 Å². The molecule has 2 unspecified atom stereocenters. The Morgan fingerprint density at radius 1 is 1.42 bits per heavy atom. The van der Waals surface area contributed by atoms with Gasteiger partial charge in [-0.2, -0.15) is 0 Å². The summed E-state index contributed by atoms with van der Waals surface area (Å²) in [6.07, 6.45) is 6.11. The van der Waals surface area contributed by atoms with Crippen LogP contribution in [0.3, 0.4) is 0 Å². The summed E-state index contributed by atoms with van der Waals surface area (Å²) in [6, 6.07) is 0.228. The standard InChI is InChI=1S/C11H19N/c1-6-8-10(5)11(7-2)12-9(3)4/h6-8,10-11H,2H2,1,3-5H3/b8-6+. The summed E-state index contributed by atoms with van der Waals surface area (Å²) in [4.78, 5) is 4.46. The number of aliphatic imine (C=N–C) groups is 1. The first-order valence-electron chi connectivity index (χ1n) is 4.38. The van der Waals surface area contributed by atoms with E-state index in [2.05, 4.69) is 30.6 Å². The Bertz CT molecular complexity index is 185. The highest BCUT2D eigenvalue weighted by Gasteiger charge is 2.07. The molecular formula is C11H19N. The van der Waals surface area contributed by atoms with Gasteiger partial charge in [-0.15, -0.1) is 6.58 Å². The van der Waals surface area contributed by atoms with E-state index < -0.39 is 0 Å². The fraction of sp³-hybridized carbons (Fsp3) is 0.545. The topological polar surface area (TPSA) is 12.4 Å². The number of hydrogen-bond acceptors (Lipinski definition) is 1. The van der Waals surface area contributed by atoms with Gasteiger partial charge in [0.2, 0.25) is 0 Å². The summed E-state index contributed by atoms with van der Waals surface area (Å²) in [5, 5.41) is 0. The van der Waals surface area contributed by atoms with Gasteiger partial charge in [-0.1, -0.05) is 25.2 Å². The van der Waals surface area contributed by atoms with Gasteiger partial charge in [-0.05, 0) is 26.7 Å². The summed E-state index contributed by atoms with van der Waals surface area (Å²) < 4.78 is 0. The van der Waals surface area contributed by atoms with Crippen LogP contribution in [0.1, 0.15) is 27.7 Å². The lowest BCUT2D eigenvalue weighted by atomic mass is 10.0. The van der Waals surface area contributed by atoms with Crippen molar-refractivity contribution < 1.29 is 0 Å². The molecule has 1 nitrogen and oxygen atoms in total. The minimum absolute atomic E-state index is 0.228. The Morgan fingerprint density at radius 2 is 2.00 bits per heavy atom. The average Bonchev–Trinajstić information content (AvgIpc) is 2.00. The Hall–Kier alpha value is -0.850. The van der Waals surface area contributed by atoms with E-state index >= 15 is 0 Å². The minimum Gasteiger partial charge on any atom is -0.287 e. The number of nitrogens with zero attached hydrogens (tertiary/aromatic N) is 1. The molecule has 0 aliphatic rings. The van der Waals surface area contributed by atoms with Gasteiger partial charge < -0.3 is 0 Å². The van der Waals surface area contributed by atoms with Crippen LogP contribution in [0.2, 0.25) is 0 Å². The highest BCUT2D eigenvalue weighted by molar-refractivity contribution is 5.79. The maximum atomic E-state index is 4.46. The molecule has 0 bridgehead atoms. The lowest BCUT2D eigenvalue weighted by molar-refractivity contribution is 0.633. The van der Waals surface area contributed by atoms with E-state index in [1.54, 1.807) is 0 Å². The van der Waals surface area contributed by atoms with Crippen LogP contribution in [-0.4, -0.2) is 11.8 Å². The molecule has 0 saturated heterocycles. The molecule has 1 heteroatoms. The van der Waals surface area contributed by atoms with Crippen LogP contribution in [0, 0.1) is 5.92 Å². The molecule has 0 radical (unpaired) electrons. The van der Waals surface area contributed by atoms with Crippen molar-refractivity contribution in [1.29, 1.82) is 0 Å². The van der Waals surface area contributed by atoms with Crippen LogP contribution >= 0.6 is 0 Å². The number of rotatable bonds is 4. The maximum absolute atomic E-state index is 4.46. The number of hydrogen-bond donors (Lipinski definition) is 0. The molecule has 0 aromatic carbocycles. The monoisotopic (exact) mass is 165 g/mol. The third-order valence-electron chi connectivity index (χ3n) is 1.68. The first-order chi connectivity index (χ1) is 5.61. The zero-order valence-corrected chi connectivity index (χ0v) is 8.54. The van der Waals surface area contributed by atoms with E-state index in [1.165, 1.54) is 0 Å². The van der Waals surface area contributed by atoms with Gasteiger partial charge in [0.05, 0.1) is 6.04 Å². The molecule has 0 heterocycles. The molecule has 0 N–H and O–H groups in total. The van der Waals surface area contributed by atoms with Gasteiger partial charge in [-0.25, -0.2) is 0 Å². The van der Waals surface area contributed by atoms with Crippen molar-refractivity contribution in [2.24, 2.45) is 10.9 Å². The van der Waals surface area contributed by atoms with Crippen LogP contribution in [0.15, 0.2) is 29.8 Å². The fourth-order valence-electron chi connectivity index (χ4n) is 1.10. The SMILES string of the molecule is C=CC(N=C(C)C)C(C)/C=C/C. The van der Waals surface area contributed by atoms with Crippen LogP contribution in [0.4, 0.5) is 0 Å². The summed E-state index contributed by atoms with van der Waals surface area (Å²) in [5.41, 5.74) is 1.11. The van der Waals surface area contributed by atoms with Gasteiger partial charge in [0.25, 0.3) is 0 Å². The quantitative estimate of drug-likeness (QED) is 0.448. The average molecular weight is 165 g/mol. The maximum Gasteiger partial charge on any atom is 0.0736 e. The van der Waals surface area contributed by atoms with Gasteiger partial charge in [0.1, 0.15) is 0 Å². The van der Waals surface area contributed by atoms with Gasteiger partial charge in [0, 0.05) is 5.71 Å². The van der Waals surface area contributed by atoms with E-state index in [0.717, 1.165) is 5.71 Å². The second-order valence-corrected chi connectivity index (χ2v) is 3.19. The molecule has 0 saturated carbocycles. The molecule has 2 atom stereocenters. The Balaban J connectivity index is 4.34. The predicted molar refractivity (Wildman–Crippen MR) is 56.7 cm³/mol. The Morgan fingerprint density at radius 3 is 2.33 bits per heavy atom. The summed E-state index contributed by atoms with van der Waals surface area (Å²) >= 11 is 0. The second-order valence-electron chi connectivity index (χ2n) is 3.19. The van der Waals surface area contributed by atoms with Crippen molar-refractivity contribution in [3.8, 4) is 0 Å². The van der Waals surface area contributed by atoms with Crippen LogP contribution in [0.5, 0.6) is 0 Å². The van der Waals surface area contributed by atoms with Crippen LogP contribution in [-0.2, 0) is 0 Å². The molecule has 0 amide bonds. The Kier molecular flexibility index (Phi) is 5.35. The van der Waals surface area contributed by atoms with Crippen molar-refractivity contribution in [2.75, 3.05) is 0 Å². The van der Waals surface area contributed by atoms with Crippen LogP contribution < -0.4 is 0 Å². The van der Waals surface area contributed by atoms with Crippen molar-refractivity contribution in [3.05, 3.63) is 24.8 Å². The first-order valence-corrected chi connectivity index (χ1v) is 4.38. The van der Waals surface area contributed by atoms with Crippen molar-refractivity contribution in [1.82, 2.24) is 0 Å². The van der Waals surface area contributed by atoms with Crippen LogP contribution in [0.25, 0.3) is 0 Å². The zero-order valence-electron chi connectivity index (χ0n) is 8.54. The minimum atomic E-state index is 0.228. The number of allylic oxidation sites excluding steroid dienone is 1. The van der Waals surface area contributed by atoms with Crippen molar-refractivity contribution in [2.45, 2.75) is 33.7 Å². The summed E-state index contributed by atoms with van der Waals surface area (Å²) in [6.45, 7) is 12.0. The molecule has 68 valence electrons. The lowest BCUT2D eigenvalue weighted by Gasteiger charge is -2.13. The van der Waals surface area contributed by atoms with E-state index in [1.807, 2.05) is 26.8 Å². The van der Waals surface area contributed by atoms with E-state index in [-0.39, 0.29) is 6.04 Å². The second kappa shape index (κ2) is 5.76. The fourth-order valence-corrected chi connectivity index (χ4v) is 1.10. The van der Waals surface area contributed by atoms with Gasteiger partial charge in [-0.3, -0.25) is 4.99 Å². The van der Waals surface area contributed by atoms with Crippen molar-refractivity contribution >= 4 is 5.71 Å². The van der Waals surface area contributed by atoms with Gasteiger partial charge in [0.15, 0.2) is 0 Å². The van der Waals surface area contributed by atoms with E-state index in [9.17, 15) is 0 Å². The smallest absolute Gasteiger partial charge is 0.0736 e. The third kappa shape index (κ3) is 4.12. The summed E-state index contributed by atoms with van der Waals surface area (Å²) in [7, 11) is 0. The molecule has 0 spiro atoms. The molecular weight excluding hydrogens is 146 g/mol. The molecule has 12 heavy (non-hydrogen) atoms. The zero-order chi connectivity index (χ0) is 9.56. The summed E-state index contributed by atoms with van der Waals surface area (Å²) in [5.74, 6) is 0.447. The molecule has 0 aliphatic heterocycles. The van der Waals surface area contributed by atoms with E-state index in [0.29, 0.717) is 5.92 Å². The molecule has 0 aromatic rings. The predicted octanol–water partition coefficient (Wildman–Crippen LogP) is 3.23. The molecule has 0 rings (SSSR count). The highest BCUT2D eigenvalue weighted by Crippen LogP contribution is 2.10. The molecule has 0 aliphatic carbocycles. The van der Waals surface area contributed by atoms with Gasteiger partial charge >= 0.3 is 0 Å². The highest BCUT2D eigenvalue weighted by atomic mass is 14.8. The lowest BCUT2D eigenvalue weighted by Crippen LogP contribution is -2.11. The molecule has 0 fully saturated rings. The largest absolute Gasteiger partial charge is 0.287 e.